The van der Waals surface area contributed by atoms with Crippen molar-refractivity contribution in [2.45, 2.75) is 46.0 Å². The summed E-state index contributed by atoms with van der Waals surface area (Å²) in [5.41, 5.74) is 5.91. The molecule has 2 aromatic carbocycles. The van der Waals surface area contributed by atoms with Gasteiger partial charge in [0.2, 0.25) is 5.91 Å². The van der Waals surface area contributed by atoms with Gasteiger partial charge in [0.15, 0.2) is 5.82 Å². The Bertz CT molecular complexity index is 1150. The second-order valence-electron chi connectivity index (χ2n) is 9.62. The second kappa shape index (κ2) is 9.96. The number of nitrogens with zero attached hydrogens (tertiary/aromatic N) is 4. The molecular formula is C29H34N4O. The fourth-order valence-electron chi connectivity index (χ4n) is 5.05. The number of hydrogen-bond acceptors (Lipinski definition) is 4. The summed E-state index contributed by atoms with van der Waals surface area (Å²) >= 11 is 0. The van der Waals surface area contributed by atoms with E-state index in [1.165, 1.54) is 23.1 Å². The summed E-state index contributed by atoms with van der Waals surface area (Å²) in [6, 6.07) is 19.0. The van der Waals surface area contributed by atoms with Crippen LogP contribution in [0.1, 0.15) is 48.6 Å². The first kappa shape index (κ1) is 22.6. The molecule has 1 amide bonds. The van der Waals surface area contributed by atoms with Crippen molar-refractivity contribution >= 4 is 11.7 Å². The SMILES string of the molecule is CCc1nc(-c2ccccc2)nc(N2CCN(C(=O)C3CCC3)CC2)c1Cc1cccc(C)c1. The first-order chi connectivity index (χ1) is 16.6. The van der Waals surface area contributed by atoms with Crippen LogP contribution < -0.4 is 4.90 Å². The number of amides is 1. The number of hydrogen-bond donors (Lipinski definition) is 0. The number of aryl methyl sites for hydroxylation is 2. The van der Waals surface area contributed by atoms with Gasteiger partial charge in [0.1, 0.15) is 5.82 Å². The average Bonchev–Trinajstić information content (AvgIpc) is 2.84. The molecule has 1 aliphatic heterocycles. The van der Waals surface area contributed by atoms with E-state index in [0.717, 1.165) is 74.8 Å². The summed E-state index contributed by atoms with van der Waals surface area (Å²) in [4.78, 5) is 27.4. The third-order valence-electron chi connectivity index (χ3n) is 7.25. The highest BCUT2D eigenvalue weighted by molar-refractivity contribution is 5.80. The van der Waals surface area contributed by atoms with Crippen LogP contribution in [0.3, 0.4) is 0 Å². The summed E-state index contributed by atoms with van der Waals surface area (Å²) < 4.78 is 0. The third kappa shape index (κ3) is 4.70. The Morgan fingerprint density at radius 3 is 2.38 bits per heavy atom. The van der Waals surface area contributed by atoms with Gasteiger partial charge in [0, 0.05) is 55.3 Å². The summed E-state index contributed by atoms with van der Waals surface area (Å²) in [7, 11) is 0. The van der Waals surface area contributed by atoms with Gasteiger partial charge in [-0.05, 0) is 31.7 Å². The van der Waals surface area contributed by atoms with E-state index in [2.05, 4.69) is 60.0 Å². The molecule has 0 bridgehead atoms. The molecule has 0 unspecified atom stereocenters. The zero-order valence-corrected chi connectivity index (χ0v) is 20.3. The standard InChI is InChI=1S/C29H34N4O/c1-3-26-25(20-22-10-7-9-21(2)19-22)28(31-27(30-26)23-11-5-4-6-12-23)32-15-17-33(18-16-32)29(34)24-13-8-14-24/h4-7,9-12,19,24H,3,8,13-18,20H2,1-2H3. The number of piperazine rings is 1. The van der Waals surface area contributed by atoms with Gasteiger partial charge in [0.05, 0.1) is 0 Å². The van der Waals surface area contributed by atoms with E-state index in [1.807, 2.05) is 18.2 Å². The number of rotatable bonds is 6. The predicted octanol–water partition coefficient (Wildman–Crippen LogP) is 5.05. The van der Waals surface area contributed by atoms with E-state index in [-0.39, 0.29) is 5.92 Å². The number of carbonyl (C=O) groups is 1. The maximum atomic E-state index is 12.8. The lowest BCUT2D eigenvalue weighted by atomic mass is 9.84. The predicted molar refractivity (Wildman–Crippen MR) is 137 cm³/mol. The molecule has 1 aliphatic carbocycles. The van der Waals surface area contributed by atoms with Gasteiger partial charge in [0.25, 0.3) is 0 Å². The van der Waals surface area contributed by atoms with E-state index in [4.69, 9.17) is 9.97 Å². The van der Waals surface area contributed by atoms with Crippen LogP contribution in [0.2, 0.25) is 0 Å². The molecule has 5 rings (SSSR count). The lowest BCUT2D eigenvalue weighted by molar-refractivity contribution is -0.138. The van der Waals surface area contributed by atoms with Crippen molar-refractivity contribution in [2.75, 3.05) is 31.1 Å². The van der Waals surface area contributed by atoms with E-state index in [9.17, 15) is 4.79 Å². The molecule has 3 aromatic rings. The topological polar surface area (TPSA) is 49.3 Å². The Morgan fingerprint density at radius 2 is 1.74 bits per heavy atom. The highest BCUT2D eigenvalue weighted by Gasteiger charge is 2.32. The van der Waals surface area contributed by atoms with E-state index in [1.54, 1.807) is 0 Å². The van der Waals surface area contributed by atoms with Gasteiger partial charge < -0.3 is 9.80 Å². The van der Waals surface area contributed by atoms with Crippen LogP contribution in [0.5, 0.6) is 0 Å². The number of carbonyl (C=O) groups excluding carboxylic acids is 1. The number of aromatic nitrogens is 2. The first-order valence-electron chi connectivity index (χ1n) is 12.7. The van der Waals surface area contributed by atoms with Crippen LogP contribution in [-0.4, -0.2) is 47.0 Å². The molecule has 5 nitrogen and oxygen atoms in total. The highest BCUT2D eigenvalue weighted by Crippen LogP contribution is 2.31. The van der Waals surface area contributed by atoms with Crippen molar-refractivity contribution < 1.29 is 4.79 Å². The smallest absolute Gasteiger partial charge is 0.225 e. The zero-order valence-electron chi connectivity index (χ0n) is 20.3. The fraction of sp³-hybridized carbons (Fsp3) is 0.414. The first-order valence-corrected chi connectivity index (χ1v) is 12.7. The normalized spacial score (nSPS) is 16.4. The number of anilines is 1. The summed E-state index contributed by atoms with van der Waals surface area (Å²) in [5, 5.41) is 0. The second-order valence-corrected chi connectivity index (χ2v) is 9.62. The van der Waals surface area contributed by atoms with E-state index < -0.39 is 0 Å². The van der Waals surface area contributed by atoms with Gasteiger partial charge in [-0.3, -0.25) is 4.79 Å². The minimum atomic E-state index is 0.263. The Hall–Kier alpha value is -3.21. The summed E-state index contributed by atoms with van der Waals surface area (Å²) in [5.74, 6) is 2.43. The number of benzene rings is 2. The monoisotopic (exact) mass is 454 g/mol. The van der Waals surface area contributed by atoms with Gasteiger partial charge in [-0.15, -0.1) is 0 Å². The van der Waals surface area contributed by atoms with Crippen molar-refractivity contribution in [1.82, 2.24) is 14.9 Å². The van der Waals surface area contributed by atoms with Crippen molar-refractivity contribution in [3.05, 3.63) is 77.0 Å². The van der Waals surface area contributed by atoms with Crippen LogP contribution in [0.4, 0.5) is 5.82 Å². The summed E-state index contributed by atoms with van der Waals surface area (Å²) in [6.45, 7) is 7.48. The molecule has 2 aliphatic rings. The Morgan fingerprint density at radius 1 is 0.971 bits per heavy atom. The molecule has 1 aromatic heterocycles. The molecular weight excluding hydrogens is 420 g/mol. The fourth-order valence-corrected chi connectivity index (χ4v) is 5.05. The van der Waals surface area contributed by atoms with Crippen LogP contribution in [0.15, 0.2) is 54.6 Å². The van der Waals surface area contributed by atoms with Crippen LogP contribution >= 0.6 is 0 Å². The molecule has 176 valence electrons. The third-order valence-corrected chi connectivity index (χ3v) is 7.25. The molecule has 0 radical (unpaired) electrons. The maximum absolute atomic E-state index is 12.8. The molecule has 0 N–H and O–H groups in total. The Balaban J connectivity index is 1.48. The van der Waals surface area contributed by atoms with Crippen molar-refractivity contribution in [3.8, 4) is 11.4 Å². The average molecular weight is 455 g/mol. The Labute approximate surface area is 202 Å². The molecule has 2 fully saturated rings. The molecule has 5 heteroatoms. The molecule has 2 heterocycles. The largest absolute Gasteiger partial charge is 0.353 e. The lowest BCUT2D eigenvalue weighted by Gasteiger charge is -2.39. The van der Waals surface area contributed by atoms with Gasteiger partial charge >= 0.3 is 0 Å². The van der Waals surface area contributed by atoms with Gasteiger partial charge in [-0.1, -0.05) is 73.5 Å². The summed E-state index contributed by atoms with van der Waals surface area (Å²) in [6.07, 6.45) is 4.99. The van der Waals surface area contributed by atoms with Crippen LogP contribution in [0.25, 0.3) is 11.4 Å². The molecule has 1 saturated carbocycles. The quantitative estimate of drug-likeness (QED) is 0.523. The minimum Gasteiger partial charge on any atom is -0.353 e. The maximum Gasteiger partial charge on any atom is 0.225 e. The van der Waals surface area contributed by atoms with E-state index in [0.29, 0.717) is 5.91 Å². The van der Waals surface area contributed by atoms with Crippen molar-refractivity contribution in [2.24, 2.45) is 5.92 Å². The van der Waals surface area contributed by atoms with Crippen LogP contribution in [0, 0.1) is 12.8 Å². The minimum absolute atomic E-state index is 0.263. The van der Waals surface area contributed by atoms with Crippen molar-refractivity contribution in [1.29, 1.82) is 0 Å². The molecule has 0 atom stereocenters. The highest BCUT2D eigenvalue weighted by atomic mass is 16.2. The Kier molecular flexibility index (Phi) is 6.61. The van der Waals surface area contributed by atoms with Crippen LogP contribution in [-0.2, 0) is 17.6 Å². The molecule has 0 spiro atoms. The molecule has 1 saturated heterocycles. The van der Waals surface area contributed by atoms with Gasteiger partial charge in [-0.25, -0.2) is 9.97 Å². The van der Waals surface area contributed by atoms with E-state index >= 15 is 0 Å². The molecule has 34 heavy (non-hydrogen) atoms. The van der Waals surface area contributed by atoms with Crippen molar-refractivity contribution in [3.63, 3.8) is 0 Å². The lowest BCUT2D eigenvalue weighted by Crippen LogP contribution is -2.51. The zero-order chi connectivity index (χ0) is 23.5. The van der Waals surface area contributed by atoms with Gasteiger partial charge in [-0.2, -0.15) is 0 Å².